The SMILES string of the molecule is Cc1cccc(CN(C)CC(N)c2ccccc2)c1. The number of aryl methyl sites for hydroxylation is 1. The normalized spacial score (nSPS) is 12.6. The van der Waals surface area contributed by atoms with Crippen molar-refractivity contribution in [2.75, 3.05) is 13.6 Å². The van der Waals surface area contributed by atoms with Crippen LogP contribution in [0.2, 0.25) is 0 Å². The van der Waals surface area contributed by atoms with Crippen LogP contribution in [0.25, 0.3) is 0 Å². The van der Waals surface area contributed by atoms with Crippen molar-refractivity contribution in [3.8, 4) is 0 Å². The molecule has 0 aliphatic rings. The summed E-state index contributed by atoms with van der Waals surface area (Å²) in [4.78, 5) is 2.27. The van der Waals surface area contributed by atoms with E-state index in [1.165, 1.54) is 16.7 Å². The molecule has 2 N–H and O–H groups in total. The van der Waals surface area contributed by atoms with Gasteiger partial charge in [0.2, 0.25) is 0 Å². The second kappa shape index (κ2) is 6.50. The monoisotopic (exact) mass is 254 g/mol. The Balaban J connectivity index is 1.92. The fourth-order valence-corrected chi connectivity index (χ4v) is 2.33. The van der Waals surface area contributed by atoms with Crippen LogP contribution in [0.4, 0.5) is 0 Å². The average Bonchev–Trinajstić information content (AvgIpc) is 2.39. The molecule has 100 valence electrons. The van der Waals surface area contributed by atoms with Crippen LogP contribution in [0.5, 0.6) is 0 Å². The molecule has 0 radical (unpaired) electrons. The number of nitrogens with two attached hydrogens (primary N) is 1. The Labute approximate surface area is 115 Å². The predicted octanol–water partition coefficient (Wildman–Crippen LogP) is 3.13. The highest BCUT2D eigenvalue weighted by atomic mass is 15.1. The minimum atomic E-state index is 0.0657. The Hall–Kier alpha value is -1.64. The maximum atomic E-state index is 6.24. The van der Waals surface area contributed by atoms with E-state index in [0.717, 1.165) is 13.1 Å². The van der Waals surface area contributed by atoms with Crippen LogP contribution in [0.15, 0.2) is 54.6 Å². The molecule has 1 atom stereocenters. The van der Waals surface area contributed by atoms with Gasteiger partial charge in [-0.05, 0) is 25.1 Å². The molecule has 2 aromatic rings. The zero-order chi connectivity index (χ0) is 13.7. The molecule has 19 heavy (non-hydrogen) atoms. The van der Waals surface area contributed by atoms with Gasteiger partial charge >= 0.3 is 0 Å². The van der Waals surface area contributed by atoms with Gasteiger partial charge in [0.15, 0.2) is 0 Å². The molecular weight excluding hydrogens is 232 g/mol. The van der Waals surface area contributed by atoms with Crippen LogP contribution in [-0.4, -0.2) is 18.5 Å². The summed E-state index contributed by atoms with van der Waals surface area (Å²) >= 11 is 0. The molecule has 0 spiro atoms. The van der Waals surface area contributed by atoms with Gasteiger partial charge in [0.25, 0.3) is 0 Å². The van der Waals surface area contributed by atoms with Gasteiger partial charge in [-0.3, -0.25) is 0 Å². The van der Waals surface area contributed by atoms with E-state index in [2.05, 4.69) is 55.3 Å². The summed E-state index contributed by atoms with van der Waals surface area (Å²) in [6.07, 6.45) is 0. The lowest BCUT2D eigenvalue weighted by molar-refractivity contribution is 0.305. The van der Waals surface area contributed by atoms with E-state index in [0.29, 0.717) is 0 Å². The molecule has 0 amide bonds. The van der Waals surface area contributed by atoms with Gasteiger partial charge in [-0.25, -0.2) is 0 Å². The smallest absolute Gasteiger partial charge is 0.0424 e. The summed E-state index contributed by atoms with van der Waals surface area (Å²) in [5, 5.41) is 0. The fourth-order valence-electron chi connectivity index (χ4n) is 2.33. The molecule has 0 bridgehead atoms. The van der Waals surface area contributed by atoms with E-state index in [9.17, 15) is 0 Å². The lowest BCUT2D eigenvalue weighted by Gasteiger charge is -2.21. The number of nitrogens with zero attached hydrogens (tertiary/aromatic N) is 1. The summed E-state index contributed by atoms with van der Waals surface area (Å²) in [6, 6.07) is 19.0. The van der Waals surface area contributed by atoms with E-state index in [4.69, 9.17) is 5.73 Å². The van der Waals surface area contributed by atoms with Crippen molar-refractivity contribution in [2.45, 2.75) is 19.5 Å². The van der Waals surface area contributed by atoms with Crippen molar-refractivity contribution in [3.05, 3.63) is 71.3 Å². The highest BCUT2D eigenvalue weighted by Crippen LogP contribution is 2.12. The lowest BCUT2D eigenvalue weighted by Crippen LogP contribution is -2.28. The van der Waals surface area contributed by atoms with E-state index in [1.807, 2.05) is 18.2 Å². The molecule has 0 saturated carbocycles. The predicted molar refractivity (Wildman–Crippen MR) is 80.9 cm³/mol. The number of rotatable bonds is 5. The van der Waals surface area contributed by atoms with Gasteiger partial charge in [0, 0.05) is 19.1 Å². The minimum Gasteiger partial charge on any atom is -0.323 e. The van der Waals surface area contributed by atoms with Crippen molar-refractivity contribution in [3.63, 3.8) is 0 Å². The first-order chi connectivity index (χ1) is 9.15. The van der Waals surface area contributed by atoms with E-state index < -0.39 is 0 Å². The first kappa shape index (κ1) is 13.8. The van der Waals surface area contributed by atoms with Gasteiger partial charge < -0.3 is 10.6 Å². The van der Waals surface area contributed by atoms with Crippen molar-refractivity contribution < 1.29 is 0 Å². The standard InChI is InChI=1S/C17H22N2/c1-14-7-6-8-15(11-14)12-19(2)13-17(18)16-9-4-3-5-10-16/h3-11,17H,12-13,18H2,1-2H3. The highest BCUT2D eigenvalue weighted by molar-refractivity contribution is 5.22. The number of likely N-dealkylation sites (N-methyl/N-ethyl adjacent to an activating group) is 1. The zero-order valence-electron chi connectivity index (χ0n) is 11.7. The Kier molecular flexibility index (Phi) is 4.72. The second-order valence-corrected chi connectivity index (χ2v) is 5.20. The summed E-state index contributed by atoms with van der Waals surface area (Å²) in [6.45, 7) is 3.92. The van der Waals surface area contributed by atoms with Crippen LogP contribution < -0.4 is 5.73 Å². The molecule has 0 heterocycles. The van der Waals surface area contributed by atoms with E-state index >= 15 is 0 Å². The largest absolute Gasteiger partial charge is 0.323 e. The molecule has 2 nitrogen and oxygen atoms in total. The quantitative estimate of drug-likeness (QED) is 0.888. The third-order valence-corrected chi connectivity index (χ3v) is 3.27. The molecule has 0 fully saturated rings. The van der Waals surface area contributed by atoms with Crippen LogP contribution in [0.1, 0.15) is 22.7 Å². The summed E-state index contributed by atoms with van der Waals surface area (Å²) in [5.41, 5.74) is 10.1. The third kappa shape index (κ3) is 4.19. The molecule has 0 aliphatic heterocycles. The first-order valence-electron chi connectivity index (χ1n) is 6.70. The van der Waals surface area contributed by atoms with Gasteiger partial charge in [-0.1, -0.05) is 60.2 Å². The van der Waals surface area contributed by atoms with Gasteiger partial charge in [-0.2, -0.15) is 0 Å². The molecule has 2 heteroatoms. The van der Waals surface area contributed by atoms with Gasteiger partial charge in [0.05, 0.1) is 0 Å². The number of hydrogen-bond acceptors (Lipinski definition) is 2. The maximum absolute atomic E-state index is 6.24. The molecule has 2 aromatic carbocycles. The molecule has 2 rings (SSSR count). The second-order valence-electron chi connectivity index (χ2n) is 5.20. The van der Waals surface area contributed by atoms with Crippen LogP contribution in [0.3, 0.4) is 0 Å². The van der Waals surface area contributed by atoms with Crippen molar-refractivity contribution >= 4 is 0 Å². The Morgan fingerprint density at radius 3 is 2.47 bits per heavy atom. The summed E-state index contributed by atoms with van der Waals surface area (Å²) < 4.78 is 0. The fraction of sp³-hybridized carbons (Fsp3) is 0.294. The first-order valence-corrected chi connectivity index (χ1v) is 6.70. The topological polar surface area (TPSA) is 29.3 Å². The molecular formula is C17H22N2. The maximum Gasteiger partial charge on any atom is 0.0424 e. The zero-order valence-corrected chi connectivity index (χ0v) is 11.7. The van der Waals surface area contributed by atoms with Crippen molar-refractivity contribution in [2.24, 2.45) is 5.73 Å². The molecule has 0 aliphatic carbocycles. The van der Waals surface area contributed by atoms with Crippen LogP contribution in [-0.2, 0) is 6.54 Å². The third-order valence-electron chi connectivity index (χ3n) is 3.27. The average molecular weight is 254 g/mol. The number of benzene rings is 2. The molecule has 0 saturated heterocycles. The van der Waals surface area contributed by atoms with Gasteiger partial charge in [-0.15, -0.1) is 0 Å². The molecule has 0 aromatic heterocycles. The Morgan fingerprint density at radius 2 is 1.79 bits per heavy atom. The Morgan fingerprint density at radius 1 is 1.05 bits per heavy atom. The van der Waals surface area contributed by atoms with Gasteiger partial charge in [0.1, 0.15) is 0 Å². The van der Waals surface area contributed by atoms with E-state index in [1.54, 1.807) is 0 Å². The lowest BCUT2D eigenvalue weighted by atomic mass is 10.1. The summed E-state index contributed by atoms with van der Waals surface area (Å²) in [7, 11) is 2.12. The van der Waals surface area contributed by atoms with Crippen LogP contribution in [0, 0.1) is 6.92 Å². The summed E-state index contributed by atoms with van der Waals surface area (Å²) in [5.74, 6) is 0. The Bertz CT molecular complexity index is 508. The van der Waals surface area contributed by atoms with Crippen molar-refractivity contribution in [1.82, 2.24) is 4.90 Å². The number of hydrogen-bond donors (Lipinski definition) is 1. The highest BCUT2D eigenvalue weighted by Gasteiger charge is 2.09. The van der Waals surface area contributed by atoms with E-state index in [-0.39, 0.29) is 6.04 Å². The molecule has 1 unspecified atom stereocenters. The van der Waals surface area contributed by atoms with Crippen molar-refractivity contribution in [1.29, 1.82) is 0 Å². The minimum absolute atomic E-state index is 0.0657. The van der Waals surface area contributed by atoms with Crippen LogP contribution >= 0.6 is 0 Å².